The van der Waals surface area contributed by atoms with Crippen LogP contribution in [0.1, 0.15) is 42.6 Å². The molecule has 10 nitrogen and oxygen atoms in total. The SMILES string of the molecule is COCCNC(=O)/C=C/c1cnn2c(O)c(C(=O)NC3CC3)c(=O)n(CC(C)C)c12. The monoisotopic (exact) mass is 417 g/mol. The van der Waals surface area contributed by atoms with Crippen LogP contribution in [0.5, 0.6) is 5.88 Å². The minimum atomic E-state index is -0.607. The van der Waals surface area contributed by atoms with Crippen molar-refractivity contribution < 1.29 is 19.4 Å². The zero-order valence-electron chi connectivity index (χ0n) is 17.3. The van der Waals surface area contributed by atoms with E-state index in [4.69, 9.17) is 4.74 Å². The Bertz CT molecular complexity index is 1030. The van der Waals surface area contributed by atoms with Crippen molar-refractivity contribution in [1.29, 1.82) is 0 Å². The largest absolute Gasteiger partial charge is 0.492 e. The molecule has 1 aliphatic carbocycles. The summed E-state index contributed by atoms with van der Waals surface area (Å²) in [5, 5.41) is 20.2. The first kappa shape index (κ1) is 21.6. The van der Waals surface area contributed by atoms with E-state index in [0.717, 1.165) is 17.4 Å². The Morgan fingerprint density at radius 2 is 2.13 bits per heavy atom. The summed E-state index contributed by atoms with van der Waals surface area (Å²) < 4.78 is 7.47. The number of carbonyl (C=O) groups is 2. The smallest absolute Gasteiger partial charge is 0.270 e. The molecule has 0 atom stereocenters. The Morgan fingerprint density at radius 1 is 1.40 bits per heavy atom. The van der Waals surface area contributed by atoms with Gasteiger partial charge in [-0.2, -0.15) is 9.61 Å². The van der Waals surface area contributed by atoms with Crippen LogP contribution in [0.3, 0.4) is 0 Å². The van der Waals surface area contributed by atoms with Crippen molar-refractivity contribution in [3.05, 3.63) is 33.8 Å². The molecule has 162 valence electrons. The number of amides is 2. The van der Waals surface area contributed by atoms with Crippen LogP contribution in [0.25, 0.3) is 11.7 Å². The van der Waals surface area contributed by atoms with Crippen LogP contribution in [0, 0.1) is 5.92 Å². The normalized spacial score (nSPS) is 14.0. The van der Waals surface area contributed by atoms with Crippen LogP contribution < -0.4 is 16.2 Å². The molecule has 0 spiro atoms. The van der Waals surface area contributed by atoms with E-state index >= 15 is 0 Å². The van der Waals surface area contributed by atoms with Gasteiger partial charge in [-0.05, 0) is 24.8 Å². The average Bonchev–Trinajstić information content (AvgIpc) is 3.39. The van der Waals surface area contributed by atoms with Crippen LogP contribution >= 0.6 is 0 Å². The zero-order valence-corrected chi connectivity index (χ0v) is 17.3. The van der Waals surface area contributed by atoms with Gasteiger partial charge in [-0.3, -0.25) is 19.0 Å². The Hall–Kier alpha value is -3.14. The van der Waals surface area contributed by atoms with E-state index in [2.05, 4.69) is 15.7 Å². The van der Waals surface area contributed by atoms with Crippen molar-refractivity contribution in [2.24, 2.45) is 5.92 Å². The van der Waals surface area contributed by atoms with Gasteiger partial charge in [0, 0.05) is 37.9 Å². The van der Waals surface area contributed by atoms with Gasteiger partial charge in [0.15, 0.2) is 5.56 Å². The molecule has 2 heterocycles. The predicted octanol–water partition coefficient (Wildman–Crippen LogP) is 0.526. The molecular formula is C20H27N5O5. The summed E-state index contributed by atoms with van der Waals surface area (Å²) in [7, 11) is 1.54. The van der Waals surface area contributed by atoms with E-state index in [9.17, 15) is 19.5 Å². The highest BCUT2D eigenvalue weighted by atomic mass is 16.5. The molecular weight excluding hydrogens is 390 g/mol. The highest BCUT2D eigenvalue weighted by Crippen LogP contribution is 2.23. The summed E-state index contributed by atoms with van der Waals surface area (Å²) in [5.41, 5.74) is -0.133. The lowest BCUT2D eigenvalue weighted by atomic mass is 10.2. The maximum Gasteiger partial charge on any atom is 0.270 e. The summed E-state index contributed by atoms with van der Waals surface area (Å²) >= 11 is 0. The average molecular weight is 417 g/mol. The Kier molecular flexibility index (Phi) is 6.56. The van der Waals surface area contributed by atoms with Crippen molar-refractivity contribution >= 4 is 23.5 Å². The highest BCUT2D eigenvalue weighted by Gasteiger charge is 2.29. The second-order valence-electron chi connectivity index (χ2n) is 7.71. The van der Waals surface area contributed by atoms with Gasteiger partial charge < -0.3 is 20.5 Å². The molecule has 0 unspecified atom stereocenters. The molecule has 1 saturated carbocycles. The quantitative estimate of drug-likeness (QED) is 0.403. The molecule has 1 fully saturated rings. The lowest BCUT2D eigenvalue weighted by Gasteiger charge is -2.15. The third-order valence-corrected chi connectivity index (χ3v) is 4.62. The number of aromatic nitrogens is 3. The third-order valence-electron chi connectivity index (χ3n) is 4.62. The summed E-state index contributed by atoms with van der Waals surface area (Å²) in [6.45, 7) is 4.96. The van der Waals surface area contributed by atoms with E-state index in [0.29, 0.717) is 30.9 Å². The predicted molar refractivity (Wildman–Crippen MR) is 110 cm³/mol. The molecule has 1 aliphatic rings. The second-order valence-corrected chi connectivity index (χ2v) is 7.71. The molecule has 2 aromatic heterocycles. The molecule has 3 N–H and O–H groups in total. The van der Waals surface area contributed by atoms with Crippen LogP contribution in [-0.4, -0.2) is 57.4 Å². The highest BCUT2D eigenvalue weighted by molar-refractivity contribution is 5.97. The molecule has 2 aromatic rings. The third kappa shape index (κ3) is 4.70. The van der Waals surface area contributed by atoms with Crippen LogP contribution in [0.2, 0.25) is 0 Å². The molecule has 0 bridgehead atoms. The number of fused-ring (bicyclic) bond motifs is 1. The first-order valence-electron chi connectivity index (χ1n) is 9.92. The van der Waals surface area contributed by atoms with Gasteiger partial charge in [0.05, 0.1) is 12.8 Å². The van der Waals surface area contributed by atoms with Crippen molar-refractivity contribution in [3.63, 3.8) is 0 Å². The number of ether oxygens (including phenoxy) is 1. The fraction of sp³-hybridized carbons (Fsp3) is 0.500. The summed E-state index contributed by atoms with van der Waals surface area (Å²) in [6.07, 6.45) is 5.99. The Morgan fingerprint density at radius 3 is 2.77 bits per heavy atom. The van der Waals surface area contributed by atoms with Gasteiger partial charge in [0.25, 0.3) is 11.5 Å². The Balaban J connectivity index is 2.03. The number of methoxy groups -OCH3 is 1. The second kappa shape index (κ2) is 9.12. The van der Waals surface area contributed by atoms with Gasteiger partial charge in [0.2, 0.25) is 11.8 Å². The molecule has 2 amide bonds. The standard InChI is InChI=1S/C20H27N5O5/c1-12(2)11-24-18-13(4-7-15(26)21-8-9-30-3)10-22-25(18)20(29)16(19(24)28)17(27)23-14-5-6-14/h4,7,10,12,14,29H,5-6,8-9,11H2,1-3H3,(H,21,26)(H,23,27)/b7-4+. The van der Waals surface area contributed by atoms with Crippen LogP contribution in [0.4, 0.5) is 0 Å². The molecule has 0 aliphatic heterocycles. The lowest BCUT2D eigenvalue weighted by molar-refractivity contribution is -0.116. The number of nitrogens with zero attached hydrogens (tertiary/aromatic N) is 3. The minimum Gasteiger partial charge on any atom is -0.492 e. The van der Waals surface area contributed by atoms with Crippen molar-refractivity contribution in [1.82, 2.24) is 24.8 Å². The van der Waals surface area contributed by atoms with Gasteiger partial charge in [-0.25, -0.2) is 0 Å². The van der Waals surface area contributed by atoms with E-state index in [1.165, 1.54) is 22.9 Å². The Labute approximate surface area is 173 Å². The van der Waals surface area contributed by atoms with E-state index in [-0.39, 0.29) is 23.4 Å². The van der Waals surface area contributed by atoms with Crippen LogP contribution in [0.15, 0.2) is 17.1 Å². The van der Waals surface area contributed by atoms with E-state index < -0.39 is 17.3 Å². The number of hydrogen-bond donors (Lipinski definition) is 3. The van der Waals surface area contributed by atoms with E-state index in [1.807, 2.05) is 13.8 Å². The first-order valence-corrected chi connectivity index (χ1v) is 9.92. The zero-order chi connectivity index (χ0) is 21.8. The van der Waals surface area contributed by atoms with Gasteiger partial charge in [0.1, 0.15) is 5.65 Å². The number of hydrogen-bond acceptors (Lipinski definition) is 6. The maximum atomic E-state index is 13.1. The van der Waals surface area contributed by atoms with Crippen LogP contribution in [-0.2, 0) is 16.1 Å². The van der Waals surface area contributed by atoms with Crippen molar-refractivity contribution in [2.75, 3.05) is 20.3 Å². The van der Waals surface area contributed by atoms with E-state index in [1.54, 1.807) is 7.11 Å². The molecule has 10 heteroatoms. The summed E-state index contributed by atoms with van der Waals surface area (Å²) in [5.74, 6) is -1.35. The molecule has 0 radical (unpaired) electrons. The molecule has 0 saturated heterocycles. The fourth-order valence-corrected chi connectivity index (χ4v) is 3.05. The summed E-state index contributed by atoms with van der Waals surface area (Å²) in [6, 6.07) is 0.0401. The first-order chi connectivity index (χ1) is 14.3. The number of nitrogens with one attached hydrogen (secondary N) is 2. The maximum absolute atomic E-state index is 13.1. The minimum absolute atomic E-state index is 0.0401. The lowest BCUT2D eigenvalue weighted by Crippen LogP contribution is -2.36. The fourth-order valence-electron chi connectivity index (χ4n) is 3.05. The van der Waals surface area contributed by atoms with Gasteiger partial charge >= 0.3 is 0 Å². The molecule has 30 heavy (non-hydrogen) atoms. The topological polar surface area (TPSA) is 127 Å². The molecule has 3 rings (SSSR count). The number of rotatable bonds is 9. The number of aromatic hydroxyl groups is 1. The van der Waals surface area contributed by atoms with Gasteiger partial charge in [-0.15, -0.1) is 0 Å². The van der Waals surface area contributed by atoms with Crippen molar-refractivity contribution in [3.8, 4) is 5.88 Å². The molecule has 0 aromatic carbocycles. The van der Waals surface area contributed by atoms with Crippen molar-refractivity contribution in [2.45, 2.75) is 39.3 Å². The number of carbonyl (C=O) groups excluding carboxylic acids is 2. The van der Waals surface area contributed by atoms with Gasteiger partial charge in [-0.1, -0.05) is 13.8 Å². The summed E-state index contributed by atoms with van der Waals surface area (Å²) in [4.78, 5) is 37.6.